The molecule has 0 atom stereocenters. The van der Waals surface area contributed by atoms with Crippen molar-refractivity contribution in [1.82, 2.24) is 5.32 Å². The van der Waals surface area contributed by atoms with Crippen LogP contribution in [0.2, 0.25) is 0 Å². The van der Waals surface area contributed by atoms with Gasteiger partial charge in [0.05, 0.1) is 7.11 Å². The summed E-state index contributed by atoms with van der Waals surface area (Å²) in [5.41, 5.74) is 1.60. The van der Waals surface area contributed by atoms with Gasteiger partial charge in [-0.05, 0) is 23.3 Å². The topological polar surface area (TPSA) is 47.6 Å². The molecule has 0 aliphatic heterocycles. The fourth-order valence-corrected chi connectivity index (χ4v) is 2.12. The summed E-state index contributed by atoms with van der Waals surface area (Å²) in [7, 11) is 1.47. The number of amides is 1. The lowest BCUT2D eigenvalue weighted by molar-refractivity contribution is -0.153. The van der Waals surface area contributed by atoms with Crippen LogP contribution in [0.1, 0.15) is 17.5 Å². The Balaban J connectivity index is 1.95. The summed E-state index contributed by atoms with van der Waals surface area (Å²) in [5, 5.41) is 2.23. The molecule has 0 aliphatic rings. The number of carbonyl (C=O) groups is 1. The molecule has 7 heteroatoms. The highest BCUT2D eigenvalue weighted by molar-refractivity contribution is 5.76. The van der Waals surface area contributed by atoms with E-state index in [9.17, 15) is 18.0 Å². The molecule has 134 valence electrons. The van der Waals surface area contributed by atoms with Crippen LogP contribution in [-0.4, -0.2) is 19.2 Å². The minimum atomic E-state index is -4.52. The predicted octanol–water partition coefficient (Wildman–Crippen LogP) is 3.84. The Bertz CT molecular complexity index is 702. The van der Waals surface area contributed by atoms with Crippen LogP contribution >= 0.6 is 0 Å². The lowest BCUT2D eigenvalue weighted by Crippen LogP contribution is -2.28. The maximum atomic E-state index is 12.1. The summed E-state index contributed by atoms with van der Waals surface area (Å²) < 4.78 is 47.3. The summed E-state index contributed by atoms with van der Waals surface area (Å²) in [4.78, 5) is 11.2. The second-order valence-corrected chi connectivity index (χ2v) is 5.33. The van der Waals surface area contributed by atoms with E-state index in [0.717, 1.165) is 5.56 Å². The van der Waals surface area contributed by atoms with Crippen molar-refractivity contribution in [2.75, 3.05) is 7.11 Å². The molecule has 0 saturated carbocycles. The van der Waals surface area contributed by atoms with Gasteiger partial charge in [0.2, 0.25) is 5.91 Å². The van der Waals surface area contributed by atoms with Crippen LogP contribution in [0.3, 0.4) is 0 Å². The van der Waals surface area contributed by atoms with Crippen molar-refractivity contribution >= 4 is 5.91 Å². The molecule has 0 heterocycles. The number of nitrogens with one attached hydrogen (secondary N) is 1. The second kappa shape index (κ2) is 8.41. The Morgan fingerprint density at radius 3 is 2.40 bits per heavy atom. The molecule has 0 radical (unpaired) electrons. The van der Waals surface area contributed by atoms with Gasteiger partial charge in [0.15, 0.2) is 11.5 Å². The Labute approximate surface area is 143 Å². The SMILES string of the molecule is COc1cc(CNC(=O)CC(F)(F)F)ccc1OCc1ccccc1. The van der Waals surface area contributed by atoms with E-state index in [4.69, 9.17) is 9.47 Å². The molecule has 0 aromatic heterocycles. The van der Waals surface area contributed by atoms with Crippen LogP contribution in [0, 0.1) is 0 Å². The molecular formula is C18H18F3NO3. The van der Waals surface area contributed by atoms with Gasteiger partial charge in [0.25, 0.3) is 0 Å². The molecule has 2 aromatic rings. The van der Waals surface area contributed by atoms with Gasteiger partial charge in [-0.2, -0.15) is 13.2 Å². The second-order valence-electron chi connectivity index (χ2n) is 5.33. The van der Waals surface area contributed by atoms with Gasteiger partial charge in [-0.1, -0.05) is 36.4 Å². The summed E-state index contributed by atoms with van der Waals surface area (Å²) in [6.07, 6.45) is -6.01. The maximum absolute atomic E-state index is 12.1. The first-order chi connectivity index (χ1) is 11.9. The van der Waals surface area contributed by atoms with E-state index >= 15 is 0 Å². The summed E-state index contributed by atoms with van der Waals surface area (Å²) in [5.74, 6) is -0.119. The number of alkyl halides is 3. The van der Waals surface area contributed by atoms with Crippen LogP contribution < -0.4 is 14.8 Å². The largest absolute Gasteiger partial charge is 0.493 e. The Morgan fingerprint density at radius 2 is 1.76 bits per heavy atom. The number of benzene rings is 2. The van der Waals surface area contributed by atoms with E-state index in [0.29, 0.717) is 23.7 Å². The normalized spacial score (nSPS) is 11.0. The lowest BCUT2D eigenvalue weighted by atomic mass is 10.2. The molecule has 2 rings (SSSR count). The van der Waals surface area contributed by atoms with Crippen LogP contribution in [-0.2, 0) is 17.9 Å². The molecule has 1 amide bonds. The number of hydrogen-bond acceptors (Lipinski definition) is 3. The van der Waals surface area contributed by atoms with Crippen molar-refractivity contribution in [1.29, 1.82) is 0 Å². The molecule has 0 fully saturated rings. The highest BCUT2D eigenvalue weighted by Crippen LogP contribution is 2.29. The van der Waals surface area contributed by atoms with Gasteiger partial charge in [-0.15, -0.1) is 0 Å². The van der Waals surface area contributed by atoms with Crippen molar-refractivity contribution < 1.29 is 27.4 Å². The Kier molecular flexibility index (Phi) is 6.27. The third-order valence-electron chi connectivity index (χ3n) is 3.32. The molecule has 1 N–H and O–H groups in total. The number of halogens is 3. The van der Waals surface area contributed by atoms with Gasteiger partial charge >= 0.3 is 6.18 Å². The van der Waals surface area contributed by atoms with Crippen molar-refractivity contribution in [3.05, 3.63) is 59.7 Å². The summed E-state index contributed by atoms with van der Waals surface area (Å²) >= 11 is 0. The van der Waals surface area contributed by atoms with E-state index < -0.39 is 18.5 Å². The maximum Gasteiger partial charge on any atom is 0.397 e. The van der Waals surface area contributed by atoms with E-state index in [1.54, 1.807) is 18.2 Å². The minimum Gasteiger partial charge on any atom is -0.493 e. The smallest absolute Gasteiger partial charge is 0.397 e. The Hall–Kier alpha value is -2.70. The molecule has 0 unspecified atom stereocenters. The number of rotatable bonds is 7. The molecule has 0 aliphatic carbocycles. The zero-order valence-electron chi connectivity index (χ0n) is 13.6. The van der Waals surface area contributed by atoms with Crippen LogP contribution in [0.25, 0.3) is 0 Å². The third kappa shape index (κ3) is 6.37. The van der Waals surface area contributed by atoms with E-state index in [-0.39, 0.29) is 6.54 Å². The average molecular weight is 353 g/mol. The van der Waals surface area contributed by atoms with Gasteiger partial charge in [-0.3, -0.25) is 4.79 Å². The number of methoxy groups -OCH3 is 1. The summed E-state index contributed by atoms with van der Waals surface area (Å²) in [6, 6.07) is 14.5. The standard InChI is InChI=1S/C18H18F3NO3/c1-24-16-9-14(11-22-17(23)10-18(19,20)21)7-8-15(16)25-12-13-5-3-2-4-6-13/h2-9H,10-12H2,1H3,(H,22,23). The molecule has 2 aromatic carbocycles. The fourth-order valence-electron chi connectivity index (χ4n) is 2.12. The average Bonchev–Trinajstić information content (AvgIpc) is 2.58. The molecule has 25 heavy (non-hydrogen) atoms. The molecule has 0 spiro atoms. The zero-order chi connectivity index (χ0) is 18.3. The molecular weight excluding hydrogens is 335 g/mol. The van der Waals surface area contributed by atoms with Crippen LogP contribution in [0.5, 0.6) is 11.5 Å². The van der Waals surface area contributed by atoms with Gasteiger partial charge in [-0.25, -0.2) is 0 Å². The first-order valence-electron chi connectivity index (χ1n) is 7.54. The highest BCUT2D eigenvalue weighted by Gasteiger charge is 2.30. The number of hydrogen-bond donors (Lipinski definition) is 1. The molecule has 0 bridgehead atoms. The van der Waals surface area contributed by atoms with E-state index in [1.807, 2.05) is 30.3 Å². The lowest BCUT2D eigenvalue weighted by Gasteiger charge is -2.13. The van der Waals surface area contributed by atoms with Gasteiger partial charge in [0, 0.05) is 6.54 Å². The van der Waals surface area contributed by atoms with Crippen LogP contribution in [0.15, 0.2) is 48.5 Å². The first-order valence-corrected chi connectivity index (χ1v) is 7.54. The monoisotopic (exact) mass is 353 g/mol. The van der Waals surface area contributed by atoms with Gasteiger partial charge < -0.3 is 14.8 Å². The van der Waals surface area contributed by atoms with E-state index in [2.05, 4.69) is 5.32 Å². The number of ether oxygens (including phenoxy) is 2. The van der Waals surface area contributed by atoms with Crippen molar-refractivity contribution in [3.63, 3.8) is 0 Å². The van der Waals surface area contributed by atoms with Crippen LogP contribution in [0.4, 0.5) is 13.2 Å². The third-order valence-corrected chi connectivity index (χ3v) is 3.32. The predicted molar refractivity (Wildman–Crippen MR) is 86.3 cm³/mol. The quantitative estimate of drug-likeness (QED) is 0.823. The highest BCUT2D eigenvalue weighted by atomic mass is 19.4. The first kappa shape index (κ1) is 18.6. The van der Waals surface area contributed by atoms with Crippen molar-refractivity contribution in [2.45, 2.75) is 25.7 Å². The number of carbonyl (C=O) groups excluding carboxylic acids is 1. The zero-order valence-corrected chi connectivity index (χ0v) is 13.6. The fraction of sp³-hybridized carbons (Fsp3) is 0.278. The van der Waals surface area contributed by atoms with Crippen molar-refractivity contribution in [3.8, 4) is 11.5 Å². The van der Waals surface area contributed by atoms with Crippen molar-refractivity contribution in [2.24, 2.45) is 0 Å². The Morgan fingerprint density at radius 1 is 1.04 bits per heavy atom. The summed E-state index contributed by atoms with van der Waals surface area (Å²) in [6.45, 7) is 0.336. The van der Waals surface area contributed by atoms with Gasteiger partial charge in [0.1, 0.15) is 13.0 Å². The van der Waals surface area contributed by atoms with E-state index in [1.165, 1.54) is 7.11 Å². The molecule has 0 saturated heterocycles. The molecule has 4 nitrogen and oxygen atoms in total. The minimum absolute atomic E-state index is 0.0236.